The maximum atomic E-state index is 11.0. The van der Waals surface area contributed by atoms with Crippen molar-refractivity contribution in [1.82, 2.24) is 15.1 Å². The fourth-order valence-electron chi connectivity index (χ4n) is 1.91. The minimum absolute atomic E-state index is 0.419. The van der Waals surface area contributed by atoms with E-state index in [4.69, 9.17) is 5.11 Å². The third-order valence-electron chi connectivity index (χ3n) is 3.01. The summed E-state index contributed by atoms with van der Waals surface area (Å²) in [6, 6.07) is -0.419. The van der Waals surface area contributed by atoms with E-state index in [-0.39, 0.29) is 0 Å². The topological polar surface area (TPSA) is 55.8 Å². The number of carbonyl (C=O) groups is 1. The molecule has 0 bridgehead atoms. The SMILES string of the molecule is CCNC(CCN(CC)CCCN(C)C)C(=O)O. The smallest absolute Gasteiger partial charge is 0.320 e. The fraction of sp³-hybridized carbons (Fsp3) is 0.923. The highest BCUT2D eigenvalue weighted by Crippen LogP contribution is 1.99. The molecule has 0 aliphatic heterocycles. The van der Waals surface area contributed by atoms with Crippen molar-refractivity contribution < 1.29 is 9.90 Å². The summed E-state index contributed by atoms with van der Waals surface area (Å²) in [6.45, 7) is 8.69. The van der Waals surface area contributed by atoms with Crippen molar-refractivity contribution in [3.05, 3.63) is 0 Å². The van der Waals surface area contributed by atoms with E-state index >= 15 is 0 Å². The van der Waals surface area contributed by atoms with Crippen LogP contribution in [0.4, 0.5) is 0 Å². The van der Waals surface area contributed by atoms with Crippen LogP contribution in [-0.2, 0) is 4.79 Å². The van der Waals surface area contributed by atoms with Crippen LogP contribution in [0.1, 0.15) is 26.7 Å². The fourth-order valence-corrected chi connectivity index (χ4v) is 1.91. The van der Waals surface area contributed by atoms with E-state index in [1.807, 2.05) is 6.92 Å². The maximum Gasteiger partial charge on any atom is 0.320 e. The van der Waals surface area contributed by atoms with Crippen LogP contribution in [0.5, 0.6) is 0 Å². The van der Waals surface area contributed by atoms with Crippen molar-refractivity contribution in [1.29, 1.82) is 0 Å². The number of carboxylic acids is 1. The molecule has 0 radical (unpaired) electrons. The van der Waals surface area contributed by atoms with Gasteiger partial charge in [-0.3, -0.25) is 4.79 Å². The molecule has 0 heterocycles. The van der Waals surface area contributed by atoms with Crippen LogP contribution in [0.2, 0.25) is 0 Å². The maximum absolute atomic E-state index is 11.0. The second-order valence-corrected chi connectivity index (χ2v) is 4.83. The highest BCUT2D eigenvalue weighted by atomic mass is 16.4. The number of nitrogens with zero attached hydrogens (tertiary/aromatic N) is 2. The number of nitrogens with one attached hydrogen (secondary N) is 1. The quantitative estimate of drug-likeness (QED) is 0.572. The molecule has 1 unspecified atom stereocenters. The first-order valence-corrected chi connectivity index (χ1v) is 6.84. The molecule has 0 fully saturated rings. The predicted octanol–water partition coefficient (Wildman–Crippen LogP) is 0.713. The molecule has 5 heteroatoms. The van der Waals surface area contributed by atoms with Crippen molar-refractivity contribution >= 4 is 5.97 Å². The summed E-state index contributed by atoms with van der Waals surface area (Å²) in [6.07, 6.45) is 1.79. The van der Waals surface area contributed by atoms with E-state index in [0.717, 1.165) is 32.6 Å². The number of rotatable bonds is 11. The van der Waals surface area contributed by atoms with E-state index in [1.165, 1.54) is 0 Å². The van der Waals surface area contributed by atoms with Crippen LogP contribution >= 0.6 is 0 Å². The highest BCUT2D eigenvalue weighted by molar-refractivity contribution is 5.73. The van der Waals surface area contributed by atoms with E-state index in [1.54, 1.807) is 0 Å². The lowest BCUT2D eigenvalue weighted by Crippen LogP contribution is -2.40. The Labute approximate surface area is 111 Å². The number of carboxylic acid groups (broad SMARTS) is 1. The standard InChI is InChI=1S/C13H29N3O2/c1-5-14-12(13(17)18)8-11-16(6-2)10-7-9-15(3)4/h12,14H,5-11H2,1-4H3,(H,17,18). The largest absolute Gasteiger partial charge is 0.480 e. The van der Waals surface area contributed by atoms with Crippen LogP contribution in [-0.4, -0.2) is 73.7 Å². The lowest BCUT2D eigenvalue weighted by Gasteiger charge is -2.23. The van der Waals surface area contributed by atoms with Crippen molar-refractivity contribution in [3.8, 4) is 0 Å². The van der Waals surface area contributed by atoms with Gasteiger partial charge in [0.15, 0.2) is 0 Å². The first-order chi connectivity index (χ1) is 8.51. The molecule has 0 saturated carbocycles. The highest BCUT2D eigenvalue weighted by Gasteiger charge is 2.16. The van der Waals surface area contributed by atoms with Gasteiger partial charge in [0.25, 0.3) is 0 Å². The molecular formula is C13H29N3O2. The summed E-state index contributed by atoms with van der Waals surface area (Å²) >= 11 is 0. The summed E-state index contributed by atoms with van der Waals surface area (Å²) < 4.78 is 0. The lowest BCUT2D eigenvalue weighted by atomic mass is 10.2. The monoisotopic (exact) mass is 259 g/mol. The lowest BCUT2D eigenvalue weighted by molar-refractivity contribution is -0.139. The van der Waals surface area contributed by atoms with E-state index in [2.05, 4.69) is 36.1 Å². The van der Waals surface area contributed by atoms with E-state index in [0.29, 0.717) is 13.0 Å². The molecule has 0 saturated heterocycles. The van der Waals surface area contributed by atoms with Gasteiger partial charge in [-0.25, -0.2) is 0 Å². The molecular weight excluding hydrogens is 230 g/mol. The minimum Gasteiger partial charge on any atom is -0.480 e. The zero-order chi connectivity index (χ0) is 14.0. The molecule has 0 aromatic heterocycles. The van der Waals surface area contributed by atoms with Gasteiger partial charge in [-0.2, -0.15) is 0 Å². The van der Waals surface area contributed by atoms with Crippen molar-refractivity contribution in [3.63, 3.8) is 0 Å². The van der Waals surface area contributed by atoms with Gasteiger partial charge in [-0.05, 0) is 53.1 Å². The Bertz CT molecular complexity index is 222. The molecule has 108 valence electrons. The van der Waals surface area contributed by atoms with Gasteiger partial charge >= 0.3 is 5.97 Å². The van der Waals surface area contributed by atoms with Crippen LogP contribution < -0.4 is 5.32 Å². The molecule has 2 N–H and O–H groups in total. The number of aliphatic carboxylic acids is 1. The molecule has 1 atom stereocenters. The Morgan fingerprint density at radius 1 is 1.22 bits per heavy atom. The van der Waals surface area contributed by atoms with Gasteiger partial charge < -0.3 is 20.2 Å². The van der Waals surface area contributed by atoms with E-state index < -0.39 is 12.0 Å². The zero-order valence-corrected chi connectivity index (χ0v) is 12.3. The van der Waals surface area contributed by atoms with Crippen molar-refractivity contribution in [2.45, 2.75) is 32.7 Å². The van der Waals surface area contributed by atoms with Crippen LogP contribution in [0.3, 0.4) is 0 Å². The average molecular weight is 259 g/mol. The summed E-state index contributed by atoms with van der Waals surface area (Å²) in [4.78, 5) is 15.5. The van der Waals surface area contributed by atoms with Gasteiger partial charge in [0.05, 0.1) is 0 Å². The molecule has 0 spiro atoms. The number of hydrogen-bond acceptors (Lipinski definition) is 4. The van der Waals surface area contributed by atoms with Gasteiger partial charge in [0.1, 0.15) is 6.04 Å². The molecule has 5 nitrogen and oxygen atoms in total. The first kappa shape index (κ1) is 17.4. The van der Waals surface area contributed by atoms with Gasteiger partial charge in [-0.15, -0.1) is 0 Å². The Morgan fingerprint density at radius 3 is 2.33 bits per heavy atom. The zero-order valence-electron chi connectivity index (χ0n) is 12.3. The number of likely N-dealkylation sites (N-methyl/N-ethyl adjacent to an activating group) is 1. The summed E-state index contributed by atoms with van der Waals surface area (Å²) in [5, 5.41) is 12.1. The molecule has 0 amide bonds. The molecule has 0 aliphatic carbocycles. The number of hydrogen-bond donors (Lipinski definition) is 2. The van der Waals surface area contributed by atoms with E-state index in [9.17, 15) is 4.79 Å². The van der Waals surface area contributed by atoms with Crippen LogP contribution in [0, 0.1) is 0 Å². The molecule has 0 aliphatic rings. The minimum atomic E-state index is -0.749. The normalized spacial score (nSPS) is 13.2. The Kier molecular flexibility index (Phi) is 9.92. The Morgan fingerprint density at radius 2 is 1.89 bits per heavy atom. The molecule has 0 aromatic rings. The Hall–Kier alpha value is -0.650. The Balaban J connectivity index is 3.92. The van der Waals surface area contributed by atoms with Gasteiger partial charge in [0.2, 0.25) is 0 Å². The second kappa shape index (κ2) is 10.3. The first-order valence-electron chi connectivity index (χ1n) is 6.84. The van der Waals surface area contributed by atoms with Crippen molar-refractivity contribution in [2.24, 2.45) is 0 Å². The van der Waals surface area contributed by atoms with Crippen LogP contribution in [0.25, 0.3) is 0 Å². The molecule has 18 heavy (non-hydrogen) atoms. The summed E-state index contributed by atoms with van der Waals surface area (Å²) in [5.74, 6) is -0.749. The third kappa shape index (κ3) is 8.44. The molecule has 0 aromatic carbocycles. The average Bonchev–Trinajstić information content (AvgIpc) is 2.31. The third-order valence-corrected chi connectivity index (χ3v) is 3.01. The molecule has 0 rings (SSSR count). The van der Waals surface area contributed by atoms with Crippen LogP contribution in [0.15, 0.2) is 0 Å². The summed E-state index contributed by atoms with van der Waals surface area (Å²) in [7, 11) is 4.14. The van der Waals surface area contributed by atoms with Gasteiger partial charge in [0, 0.05) is 6.54 Å². The van der Waals surface area contributed by atoms with Gasteiger partial charge in [-0.1, -0.05) is 13.8 Å². The predicted molar refractivity (Wildman–Crippen MR) is 75.0 cm³/mol. The summed E-state index contributed by atoms with van der Waals surface area (Å²) in [5.41, 5.74) is 0. The van der Waals surface area contributed by atoms with Crippen molar-refractivity contribution in [2.75, 3.05) is 46.8 Å². The second-order valence-electron chi connectivity index (χ2n) is 4.83.